The average Bonchev–Trinajstić information content (AvgIpc) is 3.20. The molecule has 2 N–H and O–H groups in total. The van der Waals surface area contributed by atoms with Gasteiger partial charge in [-0.3, -0.25) is 9.59 Å². The minimum Gasteiger partial charge on any atom is -0.350 e. The Bertz CT molecular complexity index is 875. The number of rotatable bonds is 6. The highest BCUT2D eigenvalue weighted by Gasteiger charge is 2.07. The topological polar surface area (TPSA) is 76.0 Å². The Morgan fingerprint density at radius 3 is 1.92 bits per heavy atom. The van der Waals surface area contributed by atoms with E-state index in [1.807, 2.05) is 24.4 Å². The number of nitrogens with one attached hydrogen (secondary N) is 2. The maximum absolute atomic E-state index is 12.1. The van der Waals surface area contributed by atoms with Gasteiger partial charge in [-0.2, -0.15) is 5.10 Å². The van der Waals surface area contributed by atoms with Crippen LogP contribution in [0.1, 0.15) is 20.7 Å². The van der Waals surface area contributed by atoms with E-state index in [2.05, 4.69) is 15.7 Å². The zero-order chi connectivity index (χ0) is 18.4. The molecule has 132 valence electrons. The fourth-order valence-electron chi connectivity index (χ4n) is 2.34. The molecule has 3 rings (SSSR count). The predicted octanol–water partition coefficient (Wildman–Crippen LogP) is 2.69. The third-order valence-corrected chi connectivity index (χ3v) is 3.95. The molecule has 0 aliphatic rings. The van der Waals surface area contributed by atoms with Crippen LogP contribution in [0, 0.1) is 0 Å². The number of carbonyl (C=O) groups excluding carboxylic acids is 2. The van der Waals surface area contributed by atoms with Crippen molar-refractivity contribution in [3.05, 3.63) is 83.1 Å². The number of hydrogen-bond acceptors (Lipinski definition) is 3. The monoisotopic (exact) mass is 368 g/mol. The van der Waals surface area contributed by atoms with Gasteiger partial charge in [-0.15, -0.1) is 0 Å². The van der Waals surface area contributed by atoms with Crippen molar-refractivity contribution in [1.82, 2.24) is 20.4 Å². The molecule has 1 heterocycles. The van der Waals surface area contributed by atoms with Gasteiger partial charge in [0.2, 0.25) is 0 Å². The highest BCUT2D eigenvalue weighted by Crippen LogP contribution is 2.09. The van der Waals surface area contributed by atoms with E-state index < -0.39 is 0 Å². The highest BCUT2D eigenvalue weighted by atomic mass is 35.5. The van der Waals surface area contributed by atoms with Crippen LogP contribution in [0.25, 0.3) is 5.69 Å². The number of amides is 2. The molecule has 0 atom stereocenters. The van der Waals surface area contributed by atoms with Crippen LogP contribution in [-0.4, -0.2) is 34.7 Å². The minimum absolute atomic E-state index is 0.197. The highest BCUT2D eigenvalue weighted by molar-refractivity contribution is 6.30. The lowest BCUT2D eigenvalue weighted by Gasteiger charge is -2.08. The molecule has 0 fully saturated rings. The second-order valence-electron chi connectivity index (χ2n) is 5.52. The van der Waals surface area contributed by atoms with Crippen molar-refractivity contribution in [3.8, 4) is 5.69 Å². The fourth-order valence-corrected chi connectivity index (χ4v) is 2.47. The molecule has 0 spiro atoms. The van der Waals surface area contributed by atoms with Crippen LogP contribution in [0.5, 0.6) is 0 Å². The molecule has 26 heavy (non-hydrogen) atoms. The number of benzene rings is 2. The van der Waals surface area contributed by atoms with Gasteiger partial charge in [-0.05, 0) is 54.6 Å². The van der Waals surface area contributed by atoms with Gasteiger partial charge in [-0.1, -0.05) is 11.6 Å². The summed E-state index contributed by atoms with van der Waals surface area (Å²) >= 11 is 5.79. The molecule has 0 unspecified atom stereocenters. The van der Waals surface area contributed by atoms with Gasteiger partial charge in [0, 0.05) is 41.6 Å². The van der Waals surface area contributed by atoms with Gasteiger partial charge in [0.1, 0.15) is 0 Å². The number of hydrogen-bond donors (Lipinski definition) is 2. The summed E-state index contributed by atoms with van der Waals surface area (Å²) in [6.07, 6.45) is 3.53. The zero-order valence-corrected chi connectivity index (χ0v) is 14.6. The number of nitrogens with zero attached hydrogens (tertiary/aromatic N) is 2. The molecule has 1 aromatic heterocycles. The van der Waals surface area contributed by atoms with E-state index >= 15 is 0 Å². The van der Waals surface area contributed by atoms with E-state index in [1.54, 1.807) is 47.3 Å². The lowest BCUT2D eigenvalue weighted by atomic mass is 10.2. The van der Waals surface area contributed by atoms with E-state index in [-0.39, 0.29) is 11.8 Å². The van der Waals surface area contributed by atoms with Crippen LogP contribution in [0.4, 0.5) is 0 Å². The summed E-state index contributed by atoms with van der Waals surface area (Å²) in [6, 6.07) is 15.6. The summed E-state index contributed by atoms with van der Waals surface area (Å²) < 4.78 is 1.72. The van der Waals surface area contributed by atoms with E-state index in [0.717, 1.165) is 5.69 Å². The minimum atomic E-state index is -0.209. The van der Waals surface area contributed by atoms with Crippen molar-refractivity contribution in [3.63, 3.8) is 0 Å². The second-order valence-corrected chi connectivity index (χ2v) is 5.95. The van der Waals surface area contributed by atoms with Crippen LogP contribution < -0.4 is 10.6 Å². The van der Waals surface area contributed by atoms with Crippen molar-refractivity contribution in [2.75, 3.05) is 13.1 Å². The summed E-state index contributed by atoms with van der Waals surface area (Å²) in [6.45, 7) is 0.664. The Balaban J connectivity index is 1.45. The third kappa shape index (κ3) is 4.49. The lowest BCUT2D eigenvalue weighted by Crippen LogP contribution is -2.34. The van der Waals surface area contributed by atoms with Gasteiger partial charge in [0.05, 0.1) is 5.69 Å². The van der Waals surface area contributed by atoms with Crippen LogP contribution in [0.15, 0.2) is 67.0 Å². The molecule has 3 aromatic rings. The predicted molar refractivity (Wildman–Crippen MR) is 99.7 cm³/mol. The Morgan fingerprint density at radius 1 is 0.885 bits per heavy atom. The maximum Gasteiger partial charge on any atom is 0.251 e. The van der Waals surface area contributed by atoms with Crippen molar-refractivity contribution in [2.45, 2.75) is 0 Å². The van der Waals surface area contributed by atoms with Crippen molar-refractivity contribution in [1.29, 1.82) is 0 Å². The van der Waals surface area contributed by atoms with Gasteiger partial charge in [-0.25, -0.2) is 4.68 Å². The van der Waals surface area contributed by atoms with E-state index in [9.17, 15) is 9.59 Å². The van der Waals surface area contributed by atoms with Crippen LogP contribution >= 0.6 is 11.6 Å². The number of carbonyl (C=O) groups is 2. The fraction of sp³-hybridized carbons (Fsp3) is 0.105. The molecule has 0 radical (unpaired) electrons. The van der Waals surface area contributed by atoms with E-state index in [4.69, 9.17) is 11.6 Å². The van der Waals surface area contributed by atoms with Crippen molar-refractivity contribution >= 4 is 23.4 Å². The first kappa shape index (κ1) is 17.7. The summed E-state index contributed by atoms with van der Waals surface area (Å²) in [4.78, 5) is 24.1. The van der Waals surface area contributed by atoms with Gasteiger partial charge < -0.3 is 10.6 Å². The molecule has 0 saturated carbocycles. The van der Waals surface area contributed by atoms with Crippen LogP contribution in [-0.2, 0) is 0 Å². The van der Waals surface area contributed by atoms with Crippen LogP contribution in [0.3, 0.4) is 0 Å². The molecule has 0 aliphatic heterocycles. The smallest absolute Gasteiger partial charge is 0.251 e. The molecular weight excluding hydrogens is 352 g/mol. The first-order chi connectivity index (χ1) is 12.6. The standard InChI is InChI=1S/C19H17ClN4O2/c20-16-6-2-14(3-7-16)18(25)21-11-12-22-19(26)15-4-8-17(9-5-15)24-13-1-10-23-24/h1-10,13H,11-12H2,(H,21,25)(H,22,26). The van der Waals surface area contributed by atoms with Crippen molar-refractivity contribution < 1.29 is 9.59 Å². The summed E-state index contributed by atoms with van der Waals surface area (Å²) in [5.74, 6) is -0.405. The third-order valence-electron chi connectivity index (χ3n) is 3.70. The molecule has 0 aliphatic carbocycles. The first-order valence-electron chi connectivity index (χ1n) is 8.05. The van der Waals surface area contributed by atoms with Gasteiger partial charge >= 0.3 is 0 Å². The first-order valence-corrected chi connectivity index (χ1v) is 8.43. The molecule has 7 heteroatoms. The Morgan fingerprint density at radius 2 is 1.42 bits per heavy atom. The molecule has 0 bridgehead atoms. The average molecular weight is 369 g/mol. The van der Waals surface area contributed by atoms with Gasteiger partial charge in [0.15, 0.2) is 0 Å². The maximum atomic E-state index is 12.1. The molecular formula is C19H17ClN4O2. The van der Waals surface area contributed by atoms with Gasteiger partial charge in [0.25, 0.3) is 11.8 Å². The molecule has 2 amide bonds. The Kier molecular flexibility index (Phi) is 5.66. The molecule has 0 saturated heterocycles. The summed E-state index contributed by atoms with van der Waals surface area (Å²) in [7, 11) is 0. The summed E-state index contributed by atoms with van der Waals surface area (Å²) in [5, 5.41) is 10.2. The molecule has 2 aromatic carbocycles. The molecule has 6 nitrogen and oxygen atoms in total. The normalized spacial score (nSPS) is 10.3. The van der Waals surface area contributed by atoms with E-state index in [0.29, 0.717) is 29.2 Å². The zero-order valence-electron chi connectivity index (χ0n) is 13.9. The number of aromatic nitrogens is 2. The van der Waals surface area contributed by atoms with Crippen molar-refractivity contribution in [2.24, 2.45) is 0 Å². The Hall–Kier alpha value is -3.12. The van der Waals surface area contributed by atoms with E-state index in [1.165, 1.54) is 0 Å². The quantitative estimate of drug-likeness (QED) is 0.657. The second kappa shape index (κ2) is 8.31. The largest absolute Gasteiger partial charge is 0.350 e. The van der Waals surface area contributed by atoms with Crippen LogP contribution in [0.2, 0.25) is 5.02 Å². The number of halogens is 1. The SMILES string of the molecule is O=C(NCCNC(=O)c1ccc(-n2cccn2)cc1)c1ccc(Cl)cc1. The summed E-state index contributed by atoms with van der Waals surface area (Å²) in [5.41, 5.74) is 1.95. The lowest BCUT2D eigenvalue weighted by molar-refractivity contribution is 0.0927. The Labute approximate surface area is 155 Å².